The molecule has 0 spiro atoms. The number of hydrogen-bond donors (Lipinski definition) is 1. The molecule has 1 fully saturated rings. The van der Waals surface area contributed by atoms with Crippen LogP contribution in [0.5, 0.6) is 0 Å². The van der Waals surface area contributed by atoms with Crippen molar-refractivity contribution in [3.63, 3.8) is 0 Å². The molecular formula is C18H20N6O2S. The number of rotatable bonds is 5. The average Bonchev–Trinajstić information content (AvgIpc) is 3.09. The number of likely N-dealkylation sites (N-methyl/N-ethyl adjacent to an activating group) is 1. The van der Waals surface area contributed by atoms with E-state index in [2.05, 4.69) is 37.7 Å². The van der Waals surface area contributed by atoms with Crippen molar-refractivity contribution in [2.75, 3.05) is 43.4 Å². The van der Waals surface area contributed by atoms with Gasteiger partial charge in [-0.15, -0.1) is 11.3 Å². The maximum atomic E-state index is 11.8. The Hall–Kier alpha value is -2.78. The fourth-order valence-corrected chi connectivity index (χ4v) is 4.23. The first-order chi connectivity index (χ1) is 13.1. The van der Waals surface area contributed by atoms with Crippen LogP contribution in [-0.4, -0.2) is 53.0 Å². The van der Waals surface area contributed by atoms with Crippen LogP contribution in [0.4, 0.5) is 17.3 Å². The van der Waals surface area contributed by atoms with Gasteiger partial charge < -0.3 is 15.1 Å². The van der Waals surface area contributed by atoms with Crippen LogP contribution < -0.4 is 10.2 Å². The highest BCUT2D eigenvalue weighted by molar-refractivity contribution is 7.17. The normalized spacial score (nSPS) is 15.2. The number of anilines is 2. The summed E-state index contributed by atoms with van der Waals surface area (Å²) < 4.78 is 1.20. The van der Waals surface area contributed by atoms with Gasteiger partial charge in [0.2, 0.25) is 11.6 Å². The van der Waals surface area contributed by atoms with Crippen LogP contribution in [0.25, 0.3) is 10.1 Å². The van der Waals surface area contributed by atoms with E-state index in [0.717, 1.165) is 24.0 Å². The molecule has 1 N–H and O–H groups in total. The molecular weight excluding hydrogens is 364 g/mol. The molecule has 0 saturated carbocycles. The van der Waals surface area contributed by atoms with Gasteiger partial charge in [-0.2, -0.15) is 0 Å². The standard InChI is InChI=1S/C18H20N6O2S/c1-22-6-8-23(9-7-22)18-16(24(25)26)17(20-12-21-18)19-10-13-11-27-15-5-3-2-4-14(13)15/h2-5,11-12H,6-10H2,1H3,(H,19,20,21). The topological polar surface area (TPSA) is 87.4 Å². The summed E-state index contributed by atoms with van der Waals surface area (Å²) in [5.41, 5.74) is 1.05. The maximum Gasteiger partial charge on any atom is 0.353 e. The molecule has 8 nitrogen and oxygen atoms in total. The Balaban J connectivity index is 1.60. The third-order valence-corrected chi connectivity index (χ3v) is 5.81. The van der Waals surface area contributed by atoms with Gasteiger partial charge in [0.25, 0.3) is 0 Å². The predicted molar refractivity (Wildman–Crippen MR) is 108 cm³/mol. The van der Waals surface area contributed by atoms with Crippen molar-refractivity contribution in [2.24, 2.45) is 0 Å². The molecule has 9 heteroatoms. The van der Waals surface area contributed by atoms with Gasteiger partial charge in [-0.3, -0.25) is 10.1 Å². The van der Waals surface area contributed by atoms with Crippen LogP contribution in [0, 0.1) is 10.1 Å². The molecule has 3 heterocycles. The van der Waals surface area contributed by atoms with Gasteiger partial charge in [-0.05, 0) is 29.4 Å². The molecule has 4 rings (SSSR count). The van der Waals surface area contributed by atoms with E-state index < -0.39 is 0 Å². The van der Waals surface area contributed by atoms with Crippen LogP contribution in [-0.2, 0) is 6.54 Å². The number of piperazine rings is 1. The highest BCUT2D eigenvalue weighted by Gasteiger charge is 2.28. The molecule has 1 aliphatic heterocycles. The monoisotopic (exact) mass is 384 g/mol. The lowest BCUT2D eigenvalue weighted by molar-refractivity contribution is -0.383. The SMILES string of the molecule is CN1CCN(c2ncnc(NCc3csc4ccccc34)c2[N+](=O)[O-])CC1. The second kappa shape index (κ2) is 7.45. The summed E-state index contributed by atoms with van der Waals surface area (Å²) >= 11 is 1.67. The predicted octanol–water partition coefficient (Wildman–Crippen LogP) is 2.96. The van der Waals surface area contributed by atoms with Gasteiger partial charge in [-0.25, -0.2) is 9.97 Å². The van der Waals surface area contributed by atoms with Crippen molar-refractivity contribution in [3.05, 3.63) is 51.7 Å². The first kappa shape index (κ1) is 17.6. The molecule has 0 bridgehead atoms. The van der Waals surface area contributed by atoms with E-state index in [1.165, 1.54) is 11.0 Å². The number of thiophene rings is 1. The molecule has 0 radical (unpaired) electrons. The van der Waals surface area contributed by atoms with E-state index in [1.54, 1.807) is 11.3 Å². The van der Waals surface area contributed by atoms with Crippen molar-refractivity contribution < 1.29 is 4.92 Å². The Kier molecular flexibility index (Phi) is 4.87. The minimum atomic E-state index is -0.387. The van der Waals surface area contributed by atoms with Crippen molar-refractivity contribution in [2.45, 2.75) is 6.54 Å². The molecule has 0 aliphatic carbocycles. The van der Waals surface area contributed by atoms with Gasteiger partial charge in [0, 0.05) is 37.4 Å². The molecule has 1 aromatic carbocycles. The molecule has 0 unspecified atom stereocenters. The van der Waals surface area contributed by atoms with Crippen molar-refractivity contribution >= 4 is 38.7 Å². The molecule has 3 aromatic rings. The third-order valence-electron chi connectivity index (χ3n) is 4.80. The summed E-state index contributed by atoms with van der Waals surface area (Å²) in [6, 6.07) is 8.14. The second-order valence-corrected chi connectivity index (χ2v) is 7.46. The molecule has 1 aliphatic rings. The lowest BCUT2D eigenvalue weighted by atomic mass is 10.2. The summed E-state index contributed by atoms with van der Waals surface area (Å²) in [6.45, 7) is 3.60. The van der Waals surface area contributed by atoms with Crippen LogP contribution in [0.3, 0.4) is 0 Å². The zero-order valence-corrected chi connectivity index (χ0v) is 15.8. The molecule has 2 aromatic heterocycles. The zero-order valence-electron chi connectivity index (χ0n) is 15.0. The number of fused-ring (bicyclic) bond motifs is 1. The number of nitro groups is 1. The number of hydrogen-bond acceptors (Lipinski definition) is 8. The minimum absolute atomic E-state index is 0.0541. The minimum Gasteiger partial charge on any atom is -0.360 e. The lowest BCUT2D eigenvalue weighted by Gasteiger charge is -2.32. The lowest BCUT2D eigenvalue weighted by Crippen LogP contribution is -2.45. The molecule has 0 atom stereocenters. The Labute approximate surface area is 160 Å². The van der Waals surface area contributed by atoms with Gasteiger partial charge in [0.15, 0.2) is 0 Å². The molecule has 27 heavy (non-hydrogen) atoms. The van der Waals surface area contributed by atoms with Gasteiger partial charge in [0.1, 0.15) is 6.33 Å². The number of nitrogens with one attached hydrogen (secondary N) is 1. The van der Waals surface area contributed by atoms with Crippen molar-refractivity contribution in [3.8, 4) is 0 Å². The average molecular weight is 384 g/mol. The highest BCUT2D eigenvalue weighted by atomic mass is 32.1. The summed E-state index contributed by atoms with van der Waals surface area (Å²) in [5, 5.41) is 18.2. The van der Waals surface area contributed by atoms with E-state index >= 15 is 0 Å². The van der Waals surface area contributed by atoms with E-state index in [4.69, 9.17) is 0 Å². The van der Waals surface area contributed by atoms with Crippen molar-refractivity contribution in [1.29, 1.82) is 0 Å². The van der Waals surface area contributed by atoms with Crippen LogP contribution in [0.15, 0.2) is 36.0 Å². The summed E-state index contributed by atoms with van der Waals surface area (Å²) in [5.74, 6) is 0.653. The van der Waals surface area contributed by atoms with E-state index in [1.807, 2.05) is 24.1 Å². The Morgan fingerprint density at radius 2 is 2.00 bits per heavy atom. The molecule has 0 amide bonds. The van der Waals surface area contributed by atoms with E-state index in [0.29, 0.717) is 25.5 Å². The molecule has 1 saturated heterocycles. The second-order valence-electron chi connectivity index (χ2n) is 6.55. The Bertz CT molecular complexity index is 967. The van der Waals surface area contributed by atoms with Crippen LogP contribution in [0.2, 0.25) is 0 Å². The largest absolute Gasteiger partial charge is 0.360 e. The van der Waals surface area contributed by atoms with Crippen molar-refractivity contribution in [1.82, 2.24) is 14.9 Å². The fraction of sp³-hybridized carbons (Fsp3) is 0.333. The Morgan fingerprint density at radius 3 is 2.78 bits per heavy atom. The Morgan fingerprint density at radius 1 is 1.22 bits per heavy atom. The number of benzene rings is 1. The van der Waals surface area contributed by atoms with E-state index in [9.17, 15) is 10.1 Å². The zero-order chi connectivity index (χ0) is 18.8. The molecule has 140 valence electrons. The maximum absolute atomic E-state index is 11.8. The van der Waals surface area contributed by atoms with Crippen LogP contribution >= 0.6 is 11.3 Å². The fourth-order valence-electron chi connectivity index (χ4n) is 3.27. The van der Waals surface area contributed by atoms with Gasteiger partial charge in [-0.1, -0.05) is 18.2 Å². The number of aromatic nitrogens is 2. The van der Waals surface area contributed by atoms with E-state index in [-0.39, 0.29) is 16.4 Å². The van der Waals surface area contributed by atoms with Crippen LogP contribution in [0.1, 0.15) is 5.56 Å². The first-order valence-electron chi connectivity index (χ1n) is 8.75. The quantitative estimate of drug-likeness (QED) is 0.534. The first-order valence-corrected chi connectivity index (χ1v) is 9.63. The summed E-state index contributed by atoms with van der Waals surface area (Å²) in [7, 11) is 2.05. The third kappa shape index (κ3) is 3.56. The van der Waals surface area contributed by atoms with Gasteiger partial charge in [0.05, 0.1) is 4.92 Å². The number of nitrogens with zero attached hydrogens (tertiary/aromatic N) is 5. The summed E-state index contributed by atoms with van der Waals surface area (Å²) in [6.07, 6.45) is 1.40. The highest BCUT2D eigenvalue weighted by Crippen LogP contribution is 2.33. The smallest absolute Gasteiger partial charge is 0.353 e. The van der Waals surface area contributed by atoms with Gasteiger partial charge >= 0.3 is 5.69 Å². The summed E-state index contributed by atoms with van der Waals surface area (Å²) in [4.78, 5) is 23.9.